The number of amidine groups is 2. The second kappa shape index (κ2) is 12.1. The van der Waals surface area contributed by atoms with Gasteiger partial charge in [0.05, 0.1) is 18.6 Å². The molecular weight excluding hydrogens is 533 g/mol. The lowest BCUT2D eigenvalue weighted by molar-refractivity contribution is -0.125. The topological polar surface area (TPSA) is 112 Å². The molecule has 0 unspecified atom stereocenters. The van der Waals surface area contributed by atoms with Crippen molar-refractivity contribution in [3.05, 3.63) is 89.7 Å². The average molecular weight is 560 g/mol. The molecule has 11 heteroatoms. The summed E-state index contributed by atoms with van der Waals surface area (Å²) >= 11 is 1.11. The van der Waals surface area contributed by atoms with E-state index in [1.165, 1.54) is 29.2 Å². The Bertz CT molecular complexity index is 1490. The van der Waals surface area contributed by atoms with E-state index in [-0.39, 0.29) is 36.3 Å². The van der Waals surface area contributed by atoms with Crippen LogP contribution in [0.1, 0.15) is 24.0 Å². The van der Waals surface area contributed by atoms with Crippen molar-refractivity contribution in [1.82, 2.24) is 10.2 Å². The number of nitrogens with zero attached hydrogens (tertiary/aromatic N) is 3. The first-order chi connectivity index (χ1) is 19.4. The van der Waals surface area contributed by atoms with Crippen molar-refractivity contribution in [3.8, 4) is 5.75 Å². The van der Waals surface area contributed by atoms with E-state index in [1.54, 1.807) is 7.11 Å². The van der Waals surface area contributed by atoms with Gasteiger partial charge >= 0.3 is 0 Å². The first-order valence-corrected chi connectivity index (χ1v) is 13.6. The first kappa shape index (κ1) is 27.1. The summed E-state index contributed by atoms with van der Waals surface area (Å²) in [5.74, 6) is -0.0252. The molecule has 2 aliphatic heterocycles. The monoisotopic (exact) mass is 559 g/mol. The molecule has 0 spiro atoms. The number of aliphatic imine (C=N–C) groups is 2. The van der Waals surface area contributed by atoms with E-state index in [0.29, 0.717) is 34.5 Å². The number of benzene rings is 3. The SMILES string of the molecule is COc1ccc(CNC(=O)CC[C@H]2N=C3c4ccccc4N=C(SCC(=O)Nc4ccc(F)cc4)N3C2=O)cc1. The quantitative estimate of drug-likeness (QED) is 0.407. The number of amides is 3. The lowest BCUT2D eigenvalue weighted by Crippen LogP contribution is -2.41. The van der Waals surface area contributed by atoms with Crippen LogP contribution in [0.25, 0.3) is 0 Å². The normalized spacial score (nSPS) is 15.5. The van der Waals surface area contributed by atoms with E-state index in [2.05, 4.69) is 20.6 Å². The highest BCUT2D eigenvalue weighted by atomic mass is 32.2. The standard InChI is InChI=1S/C29H26FN5O4S/c1-39-21-12-6-18(7-13-21)16-31-25(36)15-14-24-28(38)35-27(33-24)22-4-2-3-5-23(22)34-29(35)40-17-26(37)32-20-10-8-19(30)9-11-20/h2-13,24H,14-17H2,1H3,(H,31,36)(H,32,37)/t24-/m1/s1. The number of fused-ring (bicyclic) bond motifs is 3. The summed E-state index contributed by atoms with van der Waals surface area (Å²) in [6.45, 7) is 0.364. The summed E-state index contributed by atoms with van der Waals surface area (Å²) in [7, 11) is 1.59. The molecule has 9 nitrogen and oxygen atoms in total. The van der Waals surface area contributed by atoms with Gasteiger partial charge in [-0.3, -0.25) is 19.4 Å². The molecule has 3 amide bonds. The van der Waals surface area contributed by atoms with Gasteiger partial charge in [0.1, 0.15) is 23.4 Å². The molecule has 204 valence electrons. The first-order valence-electron chi connectivity index (χ1n) is 12.6. The van der Waals surface area contributed by atoms with Crippen molar-refractivity contribution in [1.29, 1.82) is 0 Å². The van der Waals surface area contributed by atoms with Crippen molar-refractivity contribution >= 4 is 51.9 Å². The maximum atomic E-state index is 13.4. The molecule has 40 heavy (non-hydrogen) atoms. The minimum absolute atomic E-state index is 0.0200. The van der Waals surface area contributed by atoms with Gasteiger partial charge in [0.15, 0.2) is 5.17 Å². The highest BCUT2D eigenvalue weighted by Crippen LogP contribution is 2.34. The molecule has 2 aliphatic rings. The summed E-state index contributed by atoms with van der Waals surface area (Å²) in [6.07, 6.45) is 0.358. The molecule has 0 saturated carbocycles. The third-order valence-electron chi connectivity index (χ3n) is 6.30. The third kappa shape index (κ3) is 6.20. The minimum Gasteiger partial charge on any atom is -0.497 e. The third-order valence-corrected chi connectivity index (χ3v) is 7.24. The fourth-order valence-electron chi connectivity index (χ4n) is 4.25. The number of carbonyl (C=O) groups excluding carboxylic acids is 3. The number of hydrogen-bond acceptors (Lipinski definition) is 7. The van der Waals surface area contributed by atoms with Gasteiger partial charge in [0.2, 0.25) is 11.8 Å². The van der Waals surface area contributed by atoms with Crippen LogP contribution in [0.3, 0.4) is 0 Å². The summed E-state index contributed by atoms with van der Waals surface area (Å²) in [5, 5.41) is 5.91. The van der Waals surface area contributed by atoms with Gasteiger partial charge in [0, 0.05) is 24.2 Å². The van der Waals surface area contributed by atoms with Gasteiger partial charge < -0.3 is 15.4 Å². The molecule has 0 aromatic heterocycles. The molecule has 0 radical (unpaired) electrons. The number of anilines is 1. The van der Waals surface area contributed by atoms with Crippen LogP contribution < -0.4 is 15.4 Å². The van der Waals surface area contributed by atoms with Crippen LogP contribution in [0.5, 0.6) is 5.75 Å². The molecule has 1 atom stereocenters. The second-order valence-electron chi connectivity index (χ2n) is 9.06. The Balaban J connectivity index is 1.22. The van der Waals surface area contributed by atoms with Crippen molar-refractivity contribution < 1.29 is 23.5 Å². The van der Waals surface area contributed by atoms with Gasteiger partial charge in [-0.25, -0.2) is 14.3 Å². The number of para-hydroxylation sites is 1. The number of methoxy groups -OCH3 is 1. The van der Waals surface area contributed by atoms with Crippen molar-refractivity contribution in [2.24, 2.45) is 9.98 Å². The fourth-order valence-corrected chi connectivity index (χ4v) is 5.05. The number of halogens is 1. The van der Waals surface area contributed by atoms with Gasteiger partial charge in [0.25, 0.3) is 5.91 Å². The van der Waals surface area contributed by atoms with Crippen LogP contribution in [-0.2, 0) is 20.9 Å². The lowest BCUT2D eigenvalue weighted by Gasteiger charge is -2.25. The zero-order valence-corrected chi connectivity index (χ0v) is 22.4. The fraction of sp³-hybridized carbons (Fsp3) is 0.207. The van der Waals surface area contributed by atoms with Crippen molar-refractivity contribution in [2.75, 3.05) is 18.2 Å². The Hall–Kier alpha value is -4.51. The Morgan fingerprint density at radius 3 is 2.52 bits per heavy atom. The van der Waals surface area contributed by atoms with E-state index in [1.807, 2.05) is 48.5 Å². The zero-order valence-electron chi connectivity index (χ0n) is 21.6. The summed E-state index contributed by atoms with van der Waals surface area (Å²) in [5.41, 5.74) is 2.75. The van der Waals surface area contributed by atoms with E-state index < -0.39 is 11.9 Å². The van der Waals surface area contributed by atoms with Crippen LogP contribution in [-0.4, -0.2) is 52.5 Å². The molecular formula is C29H26FN5O4S. The molecule has 0 bridgehead atoms. The van der Waals surface area contributed by atoms with Crippen LogP contribution in [0, 0.1) is 5.82 Å². The Kier molecular flexibility index (Phi) is 8.20. The Morgan fingerprint density at radius 2 is 1.77 bits per heavy atom. The highest BCUT2D eigenvalue weighted by Gasteiger charge is 2.41. The van der Waals surface area contributed by atoms with E-state index in [9.17, 15) is 18.8 Å². The van der Waals surface area contributed by atoms with Gasteiger partial charge in [-0.05, 0) is 60.5 Å². The molecule has 3 aromatic rings. The highest BCUT2D eigenvalue weighted by molar-refractivity contribution is 8.14. The molecule has 2 N–H and O–H groups in total. The second-order valence-corrected chi connectivity index (χ2v) is 10.0. The predicted molar refractivity (Wildman–Crippen MR) is 152 cm³/mol. The minimum atomic E-state index is -0.744. The number of nitrogens with one attached hydrogen (secondary N) is 2. The number of hydrogen-bond donors (Lipinski definition) is 2. The van der Waals surface area contributed by atoms with Crippen LogP contribution in [0.4, 0.5) is 15.8 Å². The van der Waals surface area contributed by atoms with E-state index >= 15 is 0 Å². The van der Waals surface area contributed by atoms with E-state index in [0.717, 1.165) is 23.1 Å². The van der Waals surface area contributed by atoms with Crippen LogP contribution >= 0.6 is 11.8 Å². The molecule has 0 fully saturated rings. The molecule has 3 aromatic carbocycles. The maximum Gasteiger partial charge on any atom is 0.259 e. The number of rotatable bonds is 9. The van der Waals surface area contributed by atoms with Crippen molar-refractivity contribution in [2.45, 2.75) is 25.4 Å². The number of thioether (sulfide) groups is 1. The Morgan fingerprint density at radius 1 is 1.02 bits per heavy atom. The summed E-state index contributed by atoms with van der Waals surface area (Å²) < 4.78 is 18.3. The smallest absolute Gasteiger partial charge is 0.259 e. The molecule has 0 saturated heterocycles. The molecule has 2 heterocycles. The predicted octanol–water partition coefficient (Wildman–Crippen LogP) is 4.26. The van der Waals surface area contributed by atoms with Crippen molar-refractivity contribution in [3.63, 3.8) is 0 Å². The zero-order chi connectivity index (χ0) is 28.1. The summed E-state index contributed by atoms with van der Waals surface area (Å²) in [4.78, 5) is 49.2. The number of ether oxygens (including phenoxy) is 1. The molecule has 0 aliphatic carbocycles. The van der Waals surface area contributed by atoms with Gasteiger partial charge in [-0.2, -0.15) is 0 Å². The van der Waals surface area contributed by atoms with Gasteiger partial charge in [-0.1, -0.05) is 36.0 Å². The van der Waals surface area contributed by atoms with Gasteiger partial charge in [-0.15, -0.1) is 0 Å². The lowest BCUT2D eigenvalue weighted by atomic mass is 10.1. The van der Waals surface area contributed by atoms with E-state index in [4.69, 9.17) is 4.74 Å². The maximum absolute atomic E-state index is 13.4. The molecule has 5 rings (SSSR count). The average Bonchev–Trinajstić information content (AvgIpc) is 3.31. The largest absolute Gasteiger partial charge is 0.497 e. The van der Waals surface area contributed by atoms with Crippen LogP contribution in [0.2, 0.25) is 0 Å². The summed E-state index contributed by atoms with van der Waals surface area (Å²) in [6, 6.07) is 19.5. The number of carbonyl (C=O) groups is 3. The Labute approximate surface area is 234 Å². The van der Waals surface area contributed by atoms with Crippen LogP contribution in [0.15, 0.2) is 82.8 Å².